The molecule has 0 bridgehead atoms. The fraction of sp³-hybridized carbons (Fsp3) is 0.231. The van der Waals surface area contributed by atoms with Crippen molar-refractivity contribution in [3.63, 3.8) is 0 Å². The van der Waals surface area contributed by atoms with Crippen LogP contribution in [-0.2, 0) is 6.42 Å². The quantitative estimate of drug-likeness (QED) is 0.892. The first-order chi connectivity index (χ1) is 9.13. The lowest BCUT2D eigenvalue weighted by Crippen LogP contribution is -2.00. The highest BCUT2D eigenvalue weighted by Crippen LogP contribution is 2.41. The summed E-state index contributed by atoms with van der Waals surface area (Å²) in [6, 6.07) is 7.47. The van der Waals surface area contributed by atoms with Crippen LogP contribution in [0.1, 0.15) is 16.5 Å². The molecule has 0 spiro atoms. The van der Waals surface area contributed by atoms with E-state index in [1.165, 1.54) is 0 Å². The zero-order valence-corrected chi connectivity index (χ0v) is 12.9. The lowest BCUT2D eigenvalue weighted by Gasteiger charge is -2.11. The summed E-state index contributed by atoms with van der Waals surface area (Å²) in [6.45, 7) is 0.173. The molecule has 100 valence electrons. The van der Waals surface area contributed by atoms with E-state index in [-0.39, 0.29) is 6.79 Å². The summed E-state index contributed by atoms with van der Waals surface area (Å²) in [5.41, 5.74) is 0.735. The largest absolute Gasteiger partial charge is 0.454 e. The predicted molar refractivity (Wildman–Crippen MR) is 78.3 cm³/mol. The second-order valence-corrected chi connectivity index (χ2v) is 7.12. The van der Waals surface area contributed by atoms with Crippen LogP contribution in [0.4, 0.5) is 0 Å². The SMILES string of the molecule is OC(Cc1ccc(Br)s1)c1cc(Cl)c2c(c1)OCO2. The highest BCUT2D eigenvalue weighted by molar-refractivity contribution is 9.11. The molecule has 1 atom stereocenters. The Morgan fingerprint density at radius 2 is 2.21 bits per heavy atom. The number of hydrogen-bond donors (Lipinski definition) is 1. The van der Waals surface area contributed by atoms with Gasteiger partial charge in [-0.05, 0) is 45.8 Å². The molecule has 3 rings (SSSR count). The van der Waals surface area contributed by atoms with Crippen LogP contribution < -0.4 is 9.47 Å². The first-order valence-corrected chi connectivity index (χ1v) is 7.63. The first-order valence-electron chi connectivity index (χ1n) is 5.65. The van der Waals surface area contributed by atoms with Gasteiger partial charge in [0.15, 0.2) is 11.5 Å². The van der Waals surface area contributed by atoms with E-state index in [1.807, 2.05) is 12.1 Å². The van der Waals surface area contributed by atoms with Gasteiger partial charge in [0.05, 0.1) is 14.9 Å². The minimum absolute atomic E-state index is 0.173. The normalized spacial score (nSPS) is 14.7. The van der Waals surface area contributed by atoms with Gasteiger partial charge in [-0.3, -0.25) is 0 Å². The Labute approximate surface area is 127 Å². The van der Waals surface area contributed by atoms with Crippen LogP contribution in [0.15, 0.2) is 28.1 Å². The number of ether oxygens (including phenoxy) is 2. The molecule has 1 aromatic heterocycles. The summed E-state index contributed by atoms with van der Waals surface area (Å²) in [5, 5.41) is 10.7. The zero-order valence-electron chi connectivity index (χ0n) is 9.73. The summed E-state index contributed by atoms with van der Waals surface area (Å²) in [6.07, 6.45) is -0.0655. The molecule has 1 unspecified atom stereocenters. The third-order valence-electron chi connectivity index (χ3n) is 2.86. The average Bonchev–Trinajstić information content (AvgIpc) is 2.98. The van der Waals surface area contributed by atoms with Gasteiger partial charge < -0.3 is 14.6 Å². The smallest absolute Gasteiger partial charge is 0.231 e. The number of hydrogen-bond acceptors (Lipinski definition) is 4. The summed E-state index contributed by atoms with van der Waals surface area (Å²) >= 11 is 11.1. The van der Waals surface area contributed by atoms with Crippen molar-refractivity contribution in [2.45, 2.75) is 12.5 Å². The molecule has 3 nitrogen and oxygen atoms in total. The topological polar surface area (TPSA) is 38.7 Å². The summed E-state index contributed by atoms with van der Waals surface area (Å²) < 4.78 is 11.6. The molecule has 19 heavy (non-hydrogen) atoms. The van der Waals surface area contributed by atoms with Gasteiger partial charge in [-0.2, -0.15) is 0 Å². The Kier molecular flexibility index (Phi) is 3.71. The third kappa shape index (κ3) is 2.74. The number of halogens is 2. The predicted octanol–water partition coefficient (Wildman–Crippen LogP) is 4.17. The van der Waals surface area contributed by atoms with Crippen LogP contribution in [-0.4, -0.2) is 11.9 Å². The molecule has 0 fully saturated rings. The number of fused-ring (bicyclic) bond motifs is 1. The zero-order chi connectivity index (χ0) is 13.4. The molecular weight excluding hydrogens is 352 g/mol. The van der Waals surface area contributed by atoms with E-state index in [0.717, 1.165) is 14.2 Å². The molecule has 1 aliphatic rings. The highest BCUT2D eigenvalue weighted by Gasteiger charge is 2.21. The Hall–Kier alpha value is -0.750. The van der Waals surface area contributed by atoms with Crippen molar-refractivity contribution < 1.29 is 14.6 Å². The molecule has 1 N–H and O–H groups in total. The molecule has 0 radical (unpaired) electrons. The van der Waals surface area contributed by atoms with Crippen molar-refractivity contribution in [2.75, 3.05) is 6.79 Å². The minimum Gasteiger partial charge on any atom is -0.454 e. The van der Waals surface area contributed by atoms with Gasteiger partial charge in [0.2, 0.25) is 6.79 Å². The van der Waals surface area contributed by atoms with Gasteiger partial charge in [0.1, 0.15) is 0 Å². The molecule has 0 saturated carbocycles. The highest BCUT2D eigenvalue weighted by atomic mass is 79.9. The van der Waals surface area contributed by atoms with Crippen LogP contribution in [0.3, 0.4) is 0 Å². The van der Waals surface area contributed by atoms with Gasteiger partial charge in [0, 0.05) is 11.3 Å². The molecule has 2 aromatic rings. The van der Waals surface area contributed by atoms with Crippen LogP contribution >= 0.6 is 38.9 Å². The van der Waals surface area contributed by atoms with E-state index in [0.29, 0.717) is 22.9 Å². The van der Waals surface area contributed by atoms with E-state index in [2.05, 4.69) is 15.9 Å². The summed E-state index contributed by atoms with van der Waals surface area (Å²) in [5.74, 6) is 1.14. The Morgan fingerprint density at radius 3 is 2.95 bits per heavy atom. The number of rotatable bonds is 3. The number of aliphatic hydroxyl groups excluding tert-OH is 1. The average molecular weight is 362 g/mol. The van der Waals surface area contributed by atoms with Crippen molar-refractivity contribution in [3.05, 3.63) is 43.5 Å². The number of benzene rings is 1. The second kappa shape index (κ2) is 5.32. The fourth-order valence-electron chi connectivity index (χ4n) is 1.95. The van der Waals surface area contributed by atoms with Crippen LogP contribution in [0, 0.1) is 0 Å². The summed E-state index contributed by atoms with van der Waals surface area (Å²) in [7, 11) is 0. The molecule has 2 heterocycles. The Balaban J connectivity index is 1.84. The van der Waals surface area contributed by atoms with Gasteiger partial charge >= 0.3 is 0 Å². The van der Waals surface area contributed by atoms with Crippen molar-refractivity contribution in [1.29, 1.82) is 0 Å². The number of aliphatic hydroxyl groups is 1. The maximum atomic E-state index is 10.3. The van der Waals surface area contributed by atoms with Crippen molar-refractivity contribution in [1.82, 2.24) is 0 Å². The molecule has 6 heteroatoms. The first kappa shape index (κ1) is 13.2. The van der Waals surface area contributed by atoms with Crippen LogP contribution in [0.2, 0.25) is 5.02 Å². The van der Waals surface area contributed by atoms with E-state index in [4.69, 9.17) is 21.1 Å². The molecule has 1 aliphatic heterocycles. The second-order valence-electron chi connectivity index (χ2n) is 4.16. The molecule has 0 amide bonds. The van der Waals surface area contributed by atoms with Gasteiger partial charge in [-0.25, -0.2) is 0 Å². The molecule has 0 aliphatic carbocycles. The lowest BCUT2D eigenvalue weighted by atomic mass is 10.1. The lowest BCUT2D eigenvalue weighted by molar-refractivity contribution is 0.171. The summed E-state index contributed by atoms with van der Waals surface area (Å²) in [4.78, 5) is 1.10. The van der Waals surface area contributed by atoms with E-state index >= 15 is 0 Å². The monoisotopic (exact) mass is 360 g/mol. The van der Waals surface area contributed by atoms with Crippen molar-refractivity contribution >= 4 is 38.9 Å². The number of thiophene rings is 1. The molecule has 0 saturated heterocycles. The Bertz CT molecular complexity index is 614. The maximum Gasteiger partial charge on any atom is 0.231 e. The third-order valence-corrected chi connectivity index (χ3v) is 4.78. The maximum absolute atomic E-state index is 10.3. The van der Waals surface area contributed by atoms with Gasteiger partial charge in [-0.15, -0.1) is 11.3 Å². The van der Waals surface area contributed by atoms with Crippen molar-refractivity contribution in [2.24, 2.45) is 0 Å². The fourth-order valence-corrected chi connectivity index (χ4v) is 3.74. The van der Waals surface area contributed by atoms with Crippen molar-refractivity contribution in [3.8, 4) is 11.5 Å². The van der Waals surface area contributed by atoms with Gasteiger partial charge in [0.25, 0.3) is 0 Å². The van der Waals surface area contributed by atoms with E-state index in [9.17, 15) is 5.11 Å². The molecule has 1 aromatic carbocycles. The minimum atomic E-state index is -0.613. The van der Waals surface area contributed by atoms with Crippen LogP contribution in [0.5, 0.6) is 11.5 Å². The van der Waals surface area contributed by atoms with Crippen LogP contribution in [0.25, 0.3) is 0 Å². The standard InChI is InChI=1S/C13H10BrClO3S/c14-12-2-1-8(19-12)5-10(16)7-3-9(15)13-11(4-7)17-6-18-13/h1-4,10,16H,5-6H2. The molecular formula is C13H10BrClO3S. The van der Waals surface area contributed by atoms with E-state index < -0.39 is 6.10 Å². The van der Waals surface area contributed by atoms with Gasteiger partial charge in [-0.1, -0.05) is 11.6 Å². The Morgan fingerprint density at radius 1 is 1.37 bits per heavy atom. The van der Waals surface area contributed by atoms with E-state index in [1.54, 1.807) is 23.5 Å².